The number of piperidine rings is 1. The van der Waals surface area contributed by atoms with Gasteiger partial charge in [0.25, 0.3) is 0 Å². The van der Waals surface area contributed by atoms with Crippen LogP contribution in [0.4, 0.5) is 38.0 Å². The second kappa shape index (κ2) is 10.1. The van der Waals surface area contributed by atoms with Crippen LogP contribution < -0.4 is 15.1 Å². The van der Waals surface area contributed by atoms with Crippen molar-refractivity contribution in [3.05, 3.63) is 47.3 Å². The predicted octanol–water partition coefficient (Wildman–Crippen LogP) is 4.16. The van der Waals surface area contributed by atoms with E-state index in [1.54, 1.807) is 19.0 Å². The van der Waals surface area contributed by atoms with Gasteiger partial charge in [-0.2, -0.15) is 26.3 Å². The Morgan fingerprint density at radius 1 is 1.09 bits per heavy atom. The number of aromatic nitrogens is 2. The molecule has 0 unspecified atom stereocenters. The summed E-state index contributed by atoms with van der Waals surface area (Å²) in [7, 11) is 3.16. The lowest BCUT2D eigenvalue weighted by Gasteiger charge is -2.33. The summed E-state index contributed by atoms with van der Waals surface area (Å²) >= 11 is 0. The number of rotatable bonds is 6. The van der Waals surface area contributed by atoms with Crippen molar-refractivity contribution in [2.45, 2.75) is 31.6 Å². The fourth-order valence-corrected chi connectivity index (χ4v) is 3.67. The number of benzene rings is 1. The van der Waals surface area contributed by atoms with E-state index < -0.39 is 29.7 Å². The van der Waals surface area contributed by atoms with E-state index in [1.807, 2.05) is 0 Å². The Balaban J connectivity index is 1.61. The number of carbonyl (C=O) groups excluding carboxylic acids is 1. The second-order valence-electron chi connectivity index (χ2n) is 8.32. The highest BCUT2D eigenvalue weighted by atomic mass is 19.4. The maximum Gasteiger partial charge on any atom is 0.451 e. The molecule has 34 heavy (non-hydrogen) atoms. The second-order valence-corrected chi connectivity index (χ2v) is 8.32. The fourth-order valence-electron chi connectivity index (χ4n) is 3.67. The minimum atomic E-state index is -4.70. The van der Waals surface area contributed by atoms with Crippen LogP contribution in [0.1, 0.15) is 29.8 Å². The normalized spacial score (nSPS) is 16.9. The number of carbonyl (C=O) groups is 1. The summed E-state index contributed by atoms with van der Waals surface area (Å²) in [5.41, 5.74) is -0.0890. The zero-order valence-corrected chi connectivity index (χ0v) is 18.7. The maximum absolute atomic E-state index is 13.3. The fraction of sp³-hybridized carbons (Fsp3) is 0.500. The van der Waals surface area contributed by atoms with Gasteiger partial charge < -0.3 is 15.1 Å². The Morgan fingerprint density at radius 2 is 1.76 bits per heavy atom. The lowest BCUT2D eigenvalue weighted by atomic mass is 9.97. The molecule has 1 aromatic carbocycles. The van der Waals surface area contributed by atoms with Crippen molar-refractivity contribution < 1.29 is 31.1 Å². The molecule has 1 aliphatic rings. The van der Waals surface area contributed by atoms with Gasteiger partial charge in [0.05, 0.1) is 11.5 Å². The number of nitrogens with one attached hydrogen (secondary N) is 1. The van der Waals surface area contributed by atoms with E-state index in [2.05, 4.69) is 15.3 Å². The molecule has 1 aliphatic heterocycles. The first-order valence-electron chi connectivity index (χ1n) is 10.7. The van der Waals surface area contributed by atoms with Crippen LogP contribution in [0.3, 0.4) is 0 Å². The van der Waals surface area contributed by atoms with Gasteiger partial charge in [-0.3, -0.25) is 4.79 Å². The van der Waals surface area contributed by atoms with E-state index >= 15 is 0 Å². The van der Waals surface area contributed by atoms with E-state index in [4.69, 9.17) is 0 Å². The average molecular weight is 489 g/mol. The molecule has 1 aromatic heterocycles. The van der Waals surface area contributed by atoms with Crippen LogP contribution in [0.2, 0.25) is 0 Å². The van der Waals surface area contributed by atoms with E-state index in [9.17, 15) is 31.1 Å². The van der Waals surface area contributed by atoms with Gasteiger partial charge in [-0.15, -0.1) is 0 Å². The highest BCUT2D eigenvalue weighted by Gasteiger charge is 2.37. The van der Waals surface area contributed by atoms with Crippen molar-refractivity contribution >= 4 is 17.5 Å². The third-order valence-corrected chi connectivity index (χ3v) is 5.52. The summed E-state index contributed by atoms with van der Waals surface area (Å²) in [6, 6.07) is 6.18. The molecule has 186 valence electrons. The van der Waals surface area contributed by atoms with E-state index in [1.165, 1.54) is 23.1 Å². The van der Waals surface area contributed by atoms with Gasteiger partial charge in [0.2, 0.25) is 11.7 Å². The molecule has 12 heteroatoms. The largest absolute Gasteiger partial charge is 0.451 e. The Bertz CT molecular complexity index is 991. The number of hydrogen-bond acceptors (Lipinski definition) is 5. The molecule has 0 spiro atoms. The first kappa shape index (κ1) is 25.6. The summed E-state index contributed by atoms with van der Waals surface area (Å²) in [4.78, 5) is 23.0. The predicted molar refractivity (Wildman–Crippen MR) is 114 cm³/mol. The minimum absolute atomic E-state index is 0.105. The summed E-state index contributed by atoms with van der Waals surface area (Å²) < 4.78 is 77.7. The number of amides is 1. The van der Waals surface area contributed by atoms with Gasteiger partial charge in [-0.25, -0.2) is 9.97 Å². The van der Waals surface area contributed by atoms with Gasteiger partial charge in [-0.05, 0) is 37.0 Å². The van der Waals surface area contributed by atoms with Gasteiger partial charge in [0, 0.05) is 39.8 Å². The Kier molecular flexibility index (Phi) is 7.57. The van der Waals surface area contributed by atoms with Gasteiger partial charge in [0.1, 0.15) is 11.6 Å². The SMILES string of the molecule is CN(C)c1cc(N2CCC[C@@H](C(=O)NCCc3ccc(C(F)(F)F)cc3)C2)nc(C(F)(F)F)n1. The number of nitrogens with zero attached hydrogens (tertiary/aromatic N) is 4. The van der Waals surface area contributed by atoms with Crippen LogP contribution >= 0.6 is 0 Å². The molecular weight excluding hydrogens is 464 g/mol. The molecule has 3 rings (SSSR count). The molecule has 1 saturated heterocycles. The Hall–Kier alpha value is -3.05. The van der Waals surface area contributed by atoms with Crippen LogP contribution in [-0.2, 0) is 23.6 Å². The average Bonchev–Trinajstić information content (AvgIpc) is 2.78. The highest BCUT2D eigenvalue weighted by Crippen LogP contribution is 2.31. The van der Waals surface area contributed by atoms with Crippen molar-refractivity contribution in [1.29, 1.82) is 0 Å². The zero-order valence-electron chi connectivity index (χ0n) is 18.7. The number of anilines is 2. The third kappa shape index (κ3) is 6.51. The van der Waals surface area contributed by atoms with Crippen molar-refractivity contribution in [2.24, 2.45) is 5.92 Å². The molecule has 0 aliphatic carbocycles. The molecule has 2 aromatic rings. The molecule has 0 saturated carbocycles. The van der Waals surface area contributed by atoms with Crippen LogP contribution in [0.25, 0.3) is 0 Å². The molecule has 0 bridgehead atoms. The smallest absolute Gasteiger partial charge is 0.363 e. The molecule has 1 fully saturated rings. The minimum Gasteiger partial charge on any atom is -0.363 e. The summed E-state index contributed by atoms with van der Waals surface area (Å²) in [6.07, 6.45) is -7.59. The monoisotopic (exact) mass is 489 g/mol. The third-order valence-electron chi connectivity index (χ3n) is 5.52. The maximum atomic E-state index is 13.3. The Morgan fingerprint density at radius 3 is 2.35 bits per heavy atom. The van der Waals surface area contributed by atoms with Crippen molar-refractivity contribution in [3.8, 4) is 0 Å². The summed E-state index contributed by atoms with van der Waals surface area (Å²) in [6.45, 7) is 0.890. The molecule has 6 nitrogen and oxygen atoms in total. The molecular formula is C22H25F6N5O. The topological polar surface area (TPSA) is 61.4 Å². The molecule has 2 heterocycles. The first-order valence-corrected chi connectivity index (χ1v) is 10.7. The number of hydrogen-bond donors (Lipinski definition) is 1. The van der Waals surface area contributed by atoms with Crippen molar-refractivity contribution in [2.75, 3.05) is 43.5 Å². The Labute approximate surface area is 193 Å². The van der Waals surface area contributed by atoms with Crippen LogP contribution in [0.15, 0.2) is 30.3 Å². The molecule has 0 radical (unpaired) electrons. The number of halogens is 6. The van der Waals surface area contributed by atoms with Crippen LogP contribution in [0.5, 0.6) is 0 Å². The zero-order chi connectivity index (χ0) is 25.1. The van der Waals surface area contributed by atoms with E-state index in [-0.39, 0.29) is 30.6 Å². The van der Waals surface area contributed by atoms with Crippen molar-refractivity contribution in [1.82, 2.24) is 15.3 Å². The summed E-state index contributed by atoms with van der Waals surface area (Å²) in [5, 5.41) is 2.77. The highest BCUT2D eigenvalue weighted by molar-refractivity contribution is 5.79. The molecule has 1 N–H and O–H groups in total. The molecule has 1 amide bonds. The van der Waals surface area contributed by atoms with Crippen LogP contribution in [-0.4, -0.2) is 49.6 Å². The van der Waals surface area contributed by atoms with Gasteiger partial charge >= 0.3 is 12.4 Å². The lowest BCUT2D eigenvalue weighted by molar-refractivity contribution is -0.144. The van der Waals surface area contributed by atoms with E-state index in [0.29, 0.717) is 31.4 Å². The first-order chi connectivity index (χ1) is 15.8. The quantitative estimate of drug-likeness (QED) is 0.618. The summed E-state index contributed by atoms with van der Waals surface area (Å²) in [5.74, 6) is -1.73. The van der Waals surface area contributed by atoms with Crippen LogP contribution in [0, 0.1) is 5.92 Å². The van der Waals surface area contributed by atoms with Gasteiger partial charge in [-0.1, -0.05) is 12.1 Å². The standard InChI is InChI=1S/C22H25F6N5O/c1-32(2)17-12-18(31-20(30-17)22(26,27)28)33-11-3-4-15(13-33)19(34)29-10-9-14-5-7-16(8-6-14)21(23,24)25/h5-8,12,15H,3-4,9-11,13H2,1-2H3,(H,29,34)/t15-/m1/s1. The van der Waals surface area contributed by atoms with Crippen molar-refractivity contribution in [3.63, 3.8) is 0 Å². The molecule has 1 atom stereocenters. The van der Waals surface area contributed by atoms with E-state index in [0.717, 1.165) is 12.1 Å². The number of alkyl halides is 6. The lowest BCUT2D eigenvalue weighted by Crippen LogP contribution is -2.44. The van der Waals surface area contributed by atoms with Gasteiger partial charge in [0.15, 0.2) is 0 Å².